The molecule has 6 N–H and O–H groups in total. The van der Waals surface area contributed by atoms with Crippen LogP contribution in [0.5, 0.6) is 0 Å². The number of aliphatic hydroxyl groups is 2. The van der Waals surface area contributed by atoms with Crippen LogP contribution in [0.25, 0.3) is 0 Å². The van der Waals surface area contributed by atoms with Crippen LogP contribution in [0.2, 0.25) is 0 Å². The Labute approximate surface area is 394 Å². The lowest BCUT2D eigenvalue weighted by molar-refractivity contribution is -0.149. The third-order valence-electron chi connectivity index (χ3n) is 11.7. The topological polar surface area (TPSA) is 239 Å². The van der Waals surface area contributed by atoms with Crippen LogP contribution < -0.4 is 11.4 Å². The number of hydrogen-bond acceptors (Lipinski definition) is 14. The van der Waals surface area contributed by atoms with Gasteiger partial charge in [-0.3, -0.25) is 18.4 Å². The Morgan fingerprint density at radius 3 is 1.65 bits per heavy atom. The van der Waals surface area contributed by atoms with Crippen molar-refractivity contribution in [1.29, 1.82) is 0 Å². The third kappa shape index (κ3) is 29.3. The molecule has 7 atom stereocenters. The van der Waals surface area contributed by atoms with Crippen molar-refractivity contribution >= 4 is 39.2 Å². The molecule has 1 aromatic rings. The summed E-state index contributed by atoms with van der Waals surface area (Å²) < 4.78 is 52.0. The van der Waals surface area contributed by atoms with Gasteiger partial charge in [0, 0.05) is 18.4 Å². The third-order valence-corrected chi connectivity index (χ3v) is 15.5. The number of phosphoric ester groups is 2. The van der Waals surface area contributed by atoms with Crippen LogP contribution >= 0.6 is 27.4 Å². The van der Waals surface area contributed by atoms with Gasteiger partial charge in [0.2, 0.25) is 0 Å². The minimum atomic E-state index is -5.32. The van der Waals surface area contributed by atoms with E-state index in [2.05, 4.69) is 23.1 Å². The summed E-state index contributed by atoms with van der Waals surface area (Å²) in [4.78, 5) is 49.3. The largest absolute Gasteiger partial charge is 0.481 e. The monoisotopic (exact) mass is 984 g/mol. The highest BCUT2D eigenvalue weighted by molar-refractivity contribution is 7.99. The number of carbonyl (C=O) groups excluding carboxylic acids is 1. The highest BCUT2D eigenvalue weighted by Gasteiger charge is 2.46. The maximum absolute atomic E-state index is 12.9. The highest BCUT2D eigenvalue weighted by Crippen LogP contribution is 2.60. The molecule has 0 amide bonds. The number of anilines is 1. The molecule has 1 fully saturated rings. The van der Waals surface area contributed by atoms with Gasteiger partial charge in [0.15, 0.2) is 6.23 Å². The molecule has 1 aliphatic heterocycles. The Balaban J connectivity index is 1.76. The lowest BCUT2D eigenvalue weighted by Gasteiger charge is -2.21. The zero-order chi connectivity index (χ0) is 47.6. The Hall–Kier alpha value is -1.36. The van der Waals surface area contributed by atoms with Gasteiger partial charge in [-0.2, -0.15) is 21.1 Å². The molecule has 0 spiro atoms. The van der Waals surface area contributed by atoms with Gasteiger partial charge in [0.05, 0.1) is 13.2 Å². The standard InChI is InChI=1S/C46H87N3O13P2S/c1-3-5-7-9-11-13-15-17-19-20-22-24-26-28-30-32-42(50)60-39(38-65-35-31-29-27-25-23-21-18-16-14-12-10-8-6-4-2)36-58-63(54,55)62-64(56,57)59-37-40-43(51)44(52)45(61-40)49-34-33-41(47)48-46(49)53/h33-34,39-40,43-45,51-52H,3-32,35-38H2,1-2H3,(H,54,55)(H,56,57)(H2,47,48,53)/t39?,40-,43-,44+,45-/m1/s1. The molecule has 0 bridgehead atoms. The van der Waals surface area contributed by atoms with Crippen molar-refractivity contribution in [3.8, 4) is 0 Å². The predicted octanol–water partition coefficient (Wildman–Crippen LogP) is 11.1. The number of rotatable bonds is 43. The Bertz CT molecular complexity index is 1530. The SMILES string of the molecule is CCCCCCCCCCCCCCCCCC(=O)OC(COP(=O)(O)OP(=O)(O)OC[C@H]1O[C@@H](n2ccc(N)nc2=O)[C@@H](O)[C@@H]1O)CSCCCCCCCCCCCCCCCC. The Morgan fingerprint density at radius 1 is 0.723 bits per heavy atom. The molecular formula is C46H87N3O13P2S. The molecule has 65 heavy (non-hydrogen) atoms. The summed E-state index contributed by atoms with van der Waals surface area (Å²) in [5.41, 5.74) is 4.63. The van der Waals surface area contributed by atoms with Gasteiger partial charge in [-0.1, -0.05) is 187 Å². The fraction of sp³-hybridized carbons (Fsp3) is 0.891. The van der Waals surface area contributed by atoms with Crippen molar-refractivity contribution in [2.45, 2.75) is 237 Å². The van der Waals surface area contributed by atoms with E-state index >= 15 is 0 Å². The van der Waals surface area contributed by atoms with Gasteiger partial charge in [0.25, 0.3) is 0 Å². The number of unbranched alkanes of at least 4 members (excludes halogenated alkanes) is 27. The summed E-state index contributed by atoms with van der Waals surface area (Å²) in [5, 5.41) is 20.9. The van der Waals surface area contributed by atoms with Crippen molar-refractivity contribution in [2.24, 2.45) is 0 Å². The smallest absolute Gasteiger partial charge is 0.459 e. The van der Waals surface area contributed by atoms with Gasteiger partial charge in [-0.25, -0.2) is 13.9 Å². The summed E-state index contributed by atoms with van der Waals surface area (Å²) in [6.45, 7) is 3.03. The van der Waals surface area contributed by atoms with E-state index in [1.807, 2.05) is 0 Å². The molecule has 0 saturated carbocycles. The van der Waals surface area contributed by atoms with Gasteiger partial charge in [-0.15, -0.1) is 0 Å². The van der Waals surface area contributed by atoms with Gasteiger partial charge < -0.3 is 35.2 Å². The van der Waals surface area contributed by atoms with Crippen LogP contribution in [0.3, 0.4) is 0 Å². The van der Waals surface area contributed by atoms with Crippen LogP contribution in [-0.4, -0.2) is 84.7 Å². The van der Waals surface area contributed by atoms with E-state index in [1.54, 1.807) is 0 Å². The number of esters is 1. The zero-order valence-electron chi connectivity index (χ0n) is 39.8. The van der Waals surface area contributed by atoms with Crippen molar-refractivity contribution in [2.75, 3.05) is 30.5 Å². The molecule has 1 saturated heterocycles. The summed E-state index contributed by atoms with van der Waals surface area (Å²) in [6.07, 6.45) is 29.9. The zero-order valence-corrected chi connectivity index (χ0v) is 42.4. The number of ether oxygens (including phenoxy) is 2. The number of carbonyl (C=O) groups is 1. The first-order chi connectivity index (χ1) is 31.3. The van der Waals surface area contributed by atoms with Crippen molar-refractivity contribution < 1.29 is 56.8 Å². The molecule has 1 aromatic heterocycles. The first-order valence-corrected chi connectivity index (χ1v) is 29.2. The second kappa shape index (κ2) is 36.6. The van der Waals surface area contributed by atoms with Crippen LogP contribution in [-0.2, 0) is 36.8 Å². The number of thioether (sulfide) groups is 1. The van der Waals surface area contributed by atoms with Crippen LogP contribution in [0, 0.1) is 0 Å². The molecule has 0 radical (unpaired) electrons. The molecule has 0 aliphatic carbocycles. The minimum absolute atomic E-state index is 0.0768. The fourth-order valence-electron chi connectivity index (χ4n) is 7.85. The first-order valence-electron chi connectivity index (χ1n) is 25.1. The number of hydrogen-bond donors (Lipinski definition) is 5. The van der Waals surface area contributed by atoms with Crippen molar-refractivity contribution in [3.05, 3.63) is 22.7 Å². The lowest BCUT2D eigenvalue weighted by Crippen LogP contribution is -2.36. The van der Waals surface area contributed by atoms with E-state index in [0.717, 1.165) is 48.8 Å². The second-order valence-corrected chi connectivity index (χ2v) is 21.9. The molecule has 2 heterocycles. The summed E-state index contributed by atoms with van der Waals surface area (Å²) in [7, 11) is -10.6. The molecule has 1 aliphatic rings. The number of nitrogen functional groups attached to an aromatic ring is 1. The van der Waals surface area contributed by atoms with Crippen LogP contribution in [0.15, 0.2) is 17.1 Å². The van der Waals surface area contributed by atoms with E-state index in [0.29, 0.717) is 6.42 Å². The van der Waals surface area contributed by atoms with Crippen LogP contribution in [0.1, 0.15) is 213 Å². The van der Waals surface area contributed by atoms with Crippen molar-refractivity contribution in [3.63, 3.8) is 0 Å². The molecule has 19 heteroatoms. The normalized spacial score (nSPS) is 19.8. The van der Waals surface area contributed by atoms with E-state index < -0.39 is 71.2 Å². The average molecular weight is 984 g/mol. The van der Waals surface area contributed by atoms with Gasteiger partial charge in [-0.05, 0) is 24.7 Å². The molecule has 2 rings (SSSR count). The van der Waals surface area contributed by atoms with E-state index in [-0.39, 0.29) is 18.0 Å². The van der Waals surface area contributed by atoms with E-state index in [9.17, 15) is 38.7 Å². The van der Waals surface area contributed by atoms with Crippen molar-refractivity contribution in [1.82, 2.24) is 9.55 Å². The number of phosphoric acid groups is 2. The number of nitrogens with two attached hydrogens (primary N) is 1. The number of aromatic nitrogens is 2. The molecule has 16 nitrogen and oxygen atoms in total. The van der Waals surface area contributed by atoms with E-state index in [4.69, 9.17) is 24.3 Å². The lowest BCUT2D eigenvalue weighted by atomic mass is 10.0. The average Bonchev–Trinajstić information content (AvgIpc) is 3.54. The summed E-state index contributed by atoms with van der Waals surface area (Å²) >= 11 is 1.54. The van der Waals surface area contributed by atoms with Gasteiger partial charge >= 0.3 is 27.3 Å². The highest BCUT2D eigenvalue weighted by atomic mass is 32.2. The molecule has 380 valence electrons. The summed E-state index contributed by atoms with van der Waals surface area (Å²) in [6, 6.07) is 1.27. The fourth-order valence-corrected chi connectivity index (χ4v) is 11.0. The Kier molecular flexibility index (Phi) is 33.7. The number of nitrogens with zero attached hydrogens (tertiary/aromatic N) is 2. The number of aliphatic hydroxyl groups excluding tert-OH is 2. The predicted molar refractivity (Wildman–Crippen MR) is 259 cm³/mol. The molecule has 3 unspecified atom stereocenters. The maximum atomic E-state index is 12.9. The van der Waals surface area contributed by atoms with E-state index in [1.165, 1.54) is 165 Å². The van der Waals surface area contributed by atoms with Gasteiger partial charge in [0.1, 0.15) is 30.2 Å². The summed E-state index contributed by atoms with van der Waals surface area (Å²) in [5.74, 6) is 0.546. The molecular weight excluding hydrogens is 897 g/mol. The molecule has 0 aromatic carbocycles. The second-order valence-electron chi connectivity index (χ2n) is 17.7. The maximum Gasteiger partial charge on any atom is 0.481 e. The Morgan fingerprint density at radius 2 is 1.17 bits per heavy atom. The first kappa shape index (κ1) is 59.8. The minimum Gasteiger partial charge on any atom is -0.459 e. The quantitative estimate of drug-likeness (QED) is 0.0232. The van der Waals surface area contributed by atoms with Crippen LogP contribution in [0.4, 0.5) is 5.82 Å².